The number of carbonyl (C=O) groups is 1. The molecule has 130 valence electrons. The molecule has 0 radical (unpaired) electrons. The number of para-hydroxylation sites is 1. The van der Waals surface area contributed by atoms with Crippen LogP contribution >= 0.6 is 0 Å². The van der Waals surface area contributed by atoms with Crippen LogP contribution in [0, 0.1) is 0 Å². The van der Waals surface area contributed by atoms with Gasteiger partial charge >= 0.3 is 0 Å². The number of ether oxygens (including phenoxy) is 2. The van der Waals surface area contributed by atoms with E-state index >= 15 is 0 Å². The van der Waals surface area contributed by atoms with Crippen LogP contribution < -0.4 is 10.1 Å². The van der Waals surface area contributed by atoms with Gasteiger partial charge in [0.05, 0.1) is 0 Å². The highest BCUT2D eigenvalue weighted by Crippen LogP contribution is 2.23. The van der Waals surface area contributed by atoms with E-state index in [1.807, 2.05) is 30.3 Å². The van der Waals surface area contributed by atoms with Crippen LogP contribution in [0.3, 0.4) is 0 Å². The molecule has 1 N–H and O–H groups in total. The number of nitrogens with one attached hydrogen (secondary N) is 1. The molecule has 2 heterocycles. The Morgan fingerprint density at radius 1 is 1.28 bits per heavy atom. The number of hydrogen-bond acceptors (Lipinski definition) is 6. The summed E-state index contributed by atoms with van der Waals surface area (Å²) in [6.07, 6.45) is 2.46. The maximum Gasteiger partial charge on any atom is 0.273 e. The molecule has 3 rings (SSSR count). The van der Waals surface area contributed by atoms with Gasteiger partial charge in [-0.1, -0.05) is 23.4 Å². The Bertz CT molecular complexity index is 842. The number of pyridine rings is 1. The molecule has 7 heteroatoms. The second-order valence-corrected chi connectivity index (χ2v) is 5.40. The van der Waals surface area contributed by atoms with E-state index in [2.05, 4.69) is 15.5 Å². The number of nitrogens with zero attached hydrogens (tertiary/aromatic N) is 2. The average Bonchev–Trinajstić information content (AvgIpc) is 3.12. The van der Waals surface area contributed by atoms with E-state index in [4.69, 9.17) is 14.0 Å². The van der Waals surface area contributed by atoms with E-state index in [-0.39, 0.29) is 18.2 Å². The smallest absolute Gasteiger partial charge is 0.273 e. The third-order valence-electron chi connectivity index (χ3n) is 3.57. The van der Waals surface area contributed by atoms with Crippen LogP contribution in [-0.4, -0.2) is 36.3 Å². The first-order valence-corrected chi connectivity index (χ1v) is 7.97. The summed E-state index contributed by atoms with van der Waals surface area (Å²) in [4.78, 5) is 16.3. The van der Waals surface area contributed by atoms with Crippen molar-refractivity contribution in [3.05, 3.63) is 54.0 Å². The number of methoxy groups -OCH3 is 1. The zero-order valence-corrected chi connectivity index (χ0v) is 13.9. The predicted molar refractivity (Wildman–Crippen MR) is 91.4 cm³/mol. The first-order chi connectivity index (χ1) is 12.3. The van der Waals surface area contributed by atoms with Crippen molar-refractivity contribution in [2.45, 2.75) is 13.0 Å². The van der Waals surface area contributed by atoms with Crippen LogP contribution in [0.4, 0.5) is 0 Å². The first kappa shape index (κ1) is 16.9. The quantitative estimate of drug-likeness (QED) is 0.634. The van der Waals surface area contributed by atoms with Gasteiger partial charge in [-0.05, 0) is 18.6 Å². The van der Waals surface area contributed by atoms with Crippen molar-refractivity contribution in [1.29, 1.82) is 0 Å². The summed E-state index contributed by atoms with van der Waals surface area (Å²) < 4.78 is 15.9. The molecule has 0 aliphatic carbocycles. The summed E-state index contributed by atoms with van der Waals surface area (Å²) in [5.74, 6) is 0.841. The summed E-state index contributed by atoms with van der Waals surface area (Å²) >= 11 is 0. The van der Waals surface area contributed by atoms with E-state index in [9.17, 15) is 4.79 Å². The molecule has 0 saturated heterocycles. The third-order valence-corrected chi connectivity index (χ3v) is 3.57. The fourth-order valence-corrected chi connectivity index (χ4v) is 2.34. The maximum atomic E-state index is 11.9. The Morgan fingerprint density at radius 3 is 3.04 bits per heavy atom. The van der Waals surface area contributed by atoms with E-state index < -0.39 is 0 Å². The summed E-state index contributed by atoms with van der Waals surface area (Å²) in [5, 5.41) is 7.52. The molecule has 0 aliphatic rings. The number of amides is 1. The van der Waals surface area contributed by atoms with Crippen LogP contribution in [0.1, 0.15) is 22.7 Å². The molecule has 0 atom stereocenters. The van der Waals surface area contributed by atoms with Crippen LogP contribution in [0.25, 0.3) is 10.9 Å². The summed E-state index contributed by atoms with van der Waals surface area (Å²) in [7, 11) is 1.62. The number of carbonyl (C=O) groups excluding carboxylic acids is 1. The Kier molecular flexibility index (Phi) is 5.58. The van der Waals surface area contributed by atoms with Crippen molar-refractivity contribution >= 4 is 16.8 Å². The van der Waals surface area contributed by atoms with Crippen LogP contribution in [0.5, 0.6) is 5.75 Å². The molecule has 2 aromatic heterocycles. The minimum Gasteiger partial charge on any atom is -0.483 e. The van der Waals surface area contributed by atoms with Gasteiger partial charge in [0.2, 0.25) is 0 Å². The lowest BCUT2D eigenvalue weighted by Crippen LogP contribution is -2.25. The lowest BCUT2D eigenvalue weighted by molar-refractivity contribution is 0.0939. The highest BCUT2D eigenvalue weighted by Gasteiger charge is 2.13. The molecule has 25 heavy (non-hydrogen) atoms. The van der Waals surface area contributed by atoms with Crippen LogP contribution in [0.2, 0.25) is 0 Å². The number of hydrogen-bond donors (Lipinski definition) is 1. The fraction of sp³-hybridized carbons (Fsp3) is 0.278. The fourth-order valence-electron chi connectivity index (χ4n) is 2.34. The molecule has 3 aromatic rings. The number of aromatic nitrogens is 2. The van der Waals surface area contributed by atoms with Gasteiger partial charge in [0, 0.05) is 37.9 Å². The maximum absolute atomic E-state index is 11.9. The molecule has 0 unspecified atom stereocenters. The van der Waals surface area contributed by atoms with Crippen molar-refractivity contribution < 1.29 is 18.8 Å². The van der Waals surface area contributed by atoms with Crippen LogP contribution in [-0.2, 0) is 11.3 Å². The minimum atomic E-state index is -0.280. The molecular formula is C18H19N3O4. The molecule has 0 bridgehead atoms. The third kappa shape index (κ3) is 4.33. The standard InChI is InChI=1S/C18H19N3O4/c1-23-10-4-9-20-18(22)15-11-14(25-21-15)12-24-16-7-2-5-13-6-3-8-19-17(13)16/h2-3,5-8,11H,4,9-10,12H2,1H3,(H,20,22). The molecular weight excluding hydrogens is 322 g/mol. The second-order valence-electron chi connectivity index (χ2n) is 5.40. The zero-order chi connectivity index (χ0) is 17.5. The monoisotopic (exact) mass is 341 g/mol. The first-order valence-electron chi connectivity index (χ1n) is 7.97. The SMILES string of the molecule is COCCCNC(=O)c1cc(COc2cccc3cccnc23)on1. The van der Waals surface area contributed by atoms with Gasteiger partial charge in [-0.3, -0.25) is 9.78 Å². The molecule has 0 spiro atoms. The predicted octanol–water partition coefficient (Wildman–Crippen LogP) is 2.57. The Morgan fingerprint density at radius 2 is 2.16 bits per heavy atom. The average molecular weight is 341 g/mol. The van der Waals surface area contributed by atoms with E-state index in [1.54, 1.807) is 19.4 Å². The van der Waals surface area contributed by atoms with Crippen LogP contribution in [0.15, 0.2) is 47.1 Å². The second kappa shape index (κ2) is 8.25. The largest absolute Gasteiger partial charge is 0.483 e. The van der Waals surface area contributed by atoms with Gasteiger partial charge in [-0.2, -0.15) is 0 Å². The zero-order valence-electron chi connectivity index (χ0n) is 13.9. The summed E-state index contributed by atoms with van der Waals surface area (Å²) in [6, 6.07) is 11.1. The van der Waals surface area contributed by atoms with Crippen molar-refractivity contribution in [3.8, 4) is 5.75 Å². The molecule has 7 nitrogen and oxygen atoms in total. The molecule has 1 aromatic carbocycles. The van der Waals surface area contributed by atoms with E-state index in [1.165, 1.54) is 0 Å². The lowest BCUT2D eigenvalue weighted by Gasteiger charge is -2.06. The molecule has 1 amide bonds. The minimum absolute atomic E-state index is 0.166. The van der Waals surface area contributed by atoms with Gasteiger partial charge in [0.25, 0.3) is 5.91 Å². The summed E-state index contributed by atoms with van der Waals surface area (Å²) in [6.45, 7) is 1.28. The Hall–Kier alpha value is -2.93. The number of benzene rings is 1. The molecule has 0 fully saturated rings. The van der Waals surface area contributed by atoms with Gasteiger partial charge in [-0.25, -0.2) is 0 Å². The topological polar surface area (TPSA) is 86.5 Å². The van der Waals surface area contributed by atoms with Crippen molar-refractivity contribution in [2.75, 3.05) is 20.3 Å². The lowest BCUT2D eigenvalue weighted by atomic mass is 10.2. The van der Waals surface area contributed by atoms with E-state index in [0.717, 1.165) is 17.3 Å². The molecule has 0 aliphatic heterocycles. The Balaban J connectivity index is 1.59. The van der Waals surface area contributed by atoms with Gasteiger partial charge in [0.15, 0.2) is 11.5 Å². The summed E-state index contributed by atoms with van der Waals surface area (Å²) in [5.41, 5.74) is 1.01. The van der Waals surface area contributed by atoms with Crippen molar-refractivity contribution in [3.63, 3.8) is 0 Å². The van der Waals surface area contributed by atoms with Gasteiger partial charge in [-0.15, -0.1) is 0 Å². The van der Waals surface area contributed by atoms with Gasteiger partial charge in [0.1, 0.15) is 17.9 Å². The van der Waals surface area contributed by atoms with Gasteiger partial charge < -0.3 is 19.3 Å². The highest BCUT2D eigenvalue weighted by molar-refractivity contribution is 5.92. The molecule has 0 saturated carbocycles. The van der Waals surface area contributed by atoms with Crippen molar-refractivity contribution in [1.82, 2.24) is 15.5 Å². The number of rotatable bonds is 8. The van der Waals surface area contributed by atoms with Crippen molar-refractivity contribution in [2.24, 2.45) is 0 Å². The highest BCUT2D eigenvalue weighted by atomic mass is 16.5. The van der Waals surface area contributed by atoms with E-state index in [0.29, 0.717) is 24.7 Å². The Labute approximate surface area is 144 Å². The normalized spacial score (nSPS) is 10.8. The number of fused-ring (bicyclic) bond motifs is 1.